The van der Waals surface area contributed by atoms with Crippen LogP contribution in [-0.2, 0) is 13.6 Å². The summed E-state index contributed by atoms with van der Waals surface area (Å²) in [5.74, 6) is -0.0121. The molecule has 0 saturated carbocycles. The third-order valence-corrected chi connectivity index (χ3v) is 2.56. The molecule has 2 rings (SSSR count). The molecule has 0 unspecified atom stereocenters. The molecule has 2 aromatic rings. The van der Waals surface area contributed by atoms with Gasteiger partial charge in [-0.15, -0.1) is 0 Å². The summed E-state index contributed by atoms with van der Waals surface area (Å²) >= 11 is 0. The Hall–Kier alpha value is -2.10. The maximum atomic E-state index is 12.0. The van der Waals surface area contributed by atoms with Gasteiger partial charge in [0.05, 0.1) is 11.8 Å². The second-order valence-corrected chi connectivity index (χ2v) is 4.05. The zero-order valence-corrected chi connectivity index (χ0v) is 10.00. The Morgan fingerprint density at radius 1 is 1.35 bits per heavy atom. The SMILES string of the molecule is CN(Cc1ccccc1)C(=O)c1cnn(C)c1. The number of aryl methyl sites for hydroxylation is 1. The minimum absolute atomic E-state index is 0.0121. The molecular weight excluding hydrogens is 214 g/mol. The van der Waals surface area contributed by atoms with E-state index in [0.29, 0.717) is 12.1 Å². The van der Waals surface area contributed by atoms with Gasteiger partial charge >= 0.3 is 0 Å². The molecule has 1 amide bonds. The van der Waals surface area contributed by atoms with Crippen LogP contribution in [0.15, 0.2) is 42.7 Å². The van der Waals surface area contributed by atoms with E-state index in [1.165, 1.54) is 0 Å². The van der Waals surface area contributed by atoms with Crippen molar-refractivity contribution in [3.8, 4) is 0 Å². The van der Waals surface area contributed by atoms with E-state index in [1.54, 1.807) is 36.1 Å². The third-order valence-electron chi connectivity index (χ3n) is 2.56. The molecule has 0 fully saturated rings. The van der Waals surface area contributed by atoms with Crippen molar-refractivity contribution >= 4 is 5.91 Å². The Balaban J connectivity index is 2.06. The standard InChI is InChI=1S/C13H15N3O/c1-15(9-11-6-4-3-5-7-11)13(17)12-8-14-16(2)10-12/h3-8,10H,9H2,1-2H3. The molecule has 88 valence electrons. The first-order chi connectivity index (χ1) is 8.16. The molecule has 1 heterocycles. The number of hydrogen-bond donors (Lipinski definition) is 0. The normalized spacial score (nSPS) is 10.2. The number of amides is 1. The summed E-state index contributed by atoms with van der Waals surface area (Å²) in [4.78, 5) is 13.7. The zero-order chi connectivity index (χ0) is 12.3. The second kappa shape index (κ2) is 4.82. The average Bonchev–Trinajstić information content (AvgIpc) is 2.76. The van der Waals surface area contributed by atoms with E-state index in [0.717, 1.165) is 5.56 Å². The highest BCUT2D eigenvalue weighted by Crippen LogP contribution is 2.07. The van der Waals surface area contributed by atoms with Crippen molar-refractivity contribution in [2.45, 2.75) is 6.54 Å². The molecule has 0 N–H and O–H groups in total. The van der Waals surface area contributed by atoms with Crippen LogP contribution in [0, 0.1) is 0 Å². The summed E-state index contributed by atoms with van der Waals surface area (Å²) in [7, 11) is 3.59. The molecule has 0 atom stereocenters. The monoisotopic (exact) mass is 229 g/mol. The molecule has 0 saturated heterocycles. The van der Waals surface area contributed by atoms with Crippen LogP contribution in [0.3, 0.4) is 0 Å². The molecule has 0 aliphatic carbocycles. The molecule has 0 radical (unpaired) electrons. The van der Waals surface area contributed by atoms with Gasteiger partial charge in [0, 0.05) is 26.8 Å². The maximum absolute atomic E-state index is 12.0. The first kappa shape index (κ1) is 11.4. The van der Waals surface area contributed by atoms with Crippen LogP contribution in [0.25, 0.3) is 0 Å². The lowest BCUT2D eigenvalue weighted by atomic mass is 10.2. The van der Waals surface area contributed by atoms with E-state index in [4.69, 9.17) is 0 Å². The van der Waals surface area contributed by atoms with Crippen LogP contribution >= 0.6 is 0 Å². The molecule has 1 aromatic heterocycles. The fourth-order valence-electron chi connectivity index (χ4n) is 1.68. The van der Waals surface area contributed by atoms with Gasteiger partial charge in [-0.3, -0.25) is 9.48 Å². The smallest absolute Gasteiger partial charge is 0.257 e. The quantitative estimate of drug-likeness (QED) is 0.803. The Kier molecular flexibility index (Phi) is 3.23. The molecule has 1 aromatic carbocycles. The first-order valence-corrected chi connectivity index (χ1v) is 5.45. The number of nitrogens with zero attached hydrogens (tertiary/aromatic N) is 3. The Morgan fingerprint density at radius 3 is 2.65 bits per heavy atom. The first-order valence-electron chi connectivity index (χ1n) is 5.45. The fourth-order valence-corrected chi connectivity index (χ4v) is 1.68. The van der Waals surface area contributed by atoms with Crippen molar-refractivity contribution < 1.29 is 4.79 Å². The van der Waals surface area contributed by atoms with Crippen LogP contribution in [0.4, 0.5) is 0 Å². The molecule has 4 heteroatoms. The molecular formula is C13H15N3O. The number of aromatic nitrogens is 2. The van der Waals surface area contributed by atoms with Crippen LogP contribution in [0.2, 0.25) is 0 Å². The van der Waals surface area contributed by atoms with Gasteiger partial charge in [0.1, 0.15) is 0 Å². The summed E-state index contributed by atoms with van der Waals surface area (Å²) < 4.78 is 1.63. The zero-order valence-electron chi connectivity index (χ0n) is 10.00. The average molecular weight is 229 g/mol. The number of hydrogen-bond acceptors (Lipinski definition) is 2. The van der Waals surface area contributed by atoms with Gasteiger partial charge in [-0.1, -0.05) is 30.3 Å². The number of carbonyl (C=O) groups excluding carboxylic acids is 1. The highest BCUT2D eigenvalue weighted by molar-refractivity contribution is 5.93. The van der Waals surface area contributed by atoms with E-state index in [-0.39, 0.29) is 5.91 Å². The van der Waals surface area contributed by atoms with Gasteiger partial charge in [0.15, 0.2) is 0 Å². The van der Waals surface area contributed by atoms with Crippen LogP contribution in [0.5, 0.6) is 0 Å². The van der Waals surface area contributed by atoms with E-state index >= 15 is 0 Å². The lowest BCUT2D eigenvalue weighted by Gasteiger charge is -2.16. The highest BCUT2D eigenvalue weighted by Gasteiger charge is 2.13. The third kappa shape index (κ3) is 2.72. The number of rotatable bonds is 3. The lowest BCUT2D eigenvalue weighted by Crippen LogP contribution is -2.25. The van der Waals surface area contributed by atoms with Crippen molar-refractivity contribution in [2.24, 2.45) is 7.05 Å². The molecule has 0 aliphatic heterocycles. The van der Waals surface area contributed by atoms with Gasteiger partial charge in [0.2, 0.25) is 0 Å². The highest BCUT2D eigenvalue weighted by atomic mass is 16.2. The predicted molar refractivity (Wildman–Crippen MR) is 65.4 cm³/mol. The minimum atomic E-state index is -0.0121. The summed E-state index contributed by atoms with van der Waals surface area (Å²) in [5, 5.41) is 4.00. The van der Waals surface area contributed by atoms with E-state index in [1.807, 2.05) is 30.3 Å². The van der Waals surface area contributed by atoms with Crippen molar-refractivity contribution in [1.29, 1.82) is 0 Å². The van der Waals surface area contributed by atoms with Gasteiger partial charge in [-0.25, -0.2) is 0 Å². The van der Waals surface area contributed by atoms with E-state index in [2.05, 4.69) is 5.10 Å². The van der Waals surface area contributed by atoms with Gasteiger partial charge in [-0.2, -0.15) is 5.10 Å². The van der Waals surface area contributed by atoms with Crippen LogP contribution in [0.1, 0.15) is 15.9 Å². The molecule has 0 spiro atoms. The summed E-state index contributed by atoms with van der Waals surface area (Å²) in [6, 6.07) is 9.92. The largest absolute Gasteiger partial charge is 0.337 e. The van der Waals surface area contributed by atoms with E-state index < -0.39 is 0 Å². The molecule has 0 bridgehead atoms. The molecule has 0 aliphatic rings. The maximum Gasteiger partial charge on any atom is 0.257 e. The molecule has 17 heavy (non-hydrogen) atoms. The van der Waals surface area contributed by atoms with Crippen LogP contribution in [-0.4, -0.2) is 27.6 Å². The topological polar surface area (TPSA) is 38.1 Å². The Morgan fingerprint density at radius 2 is 2.06 bits per heavy atom. The van der Waals surface area contributed by atoms with E-state index in [9.17, 15) is 4.79 Å². The fraction of sp³-hybridized carbons (Fsp3) is 0.231. The number of benzene rings is 1. The summed E-state index contributed by atoms with van der Waals surface area (Å²) in [6.07, 6.45) is 3.31. The summed E-state index contributed by atoms with van der Waals surface area (Å²) in [5.41, 5.74) is 1.73. The van der Waals surface area contributed by atoms with Crippen molar-refractivity contribution in [3.05, 3.63) is 53.9 Å². The Bertz CT molecular complexity index is 504. The van der Waals surface area contributed by atoms with Crippen molar-refractivity contribution in [1.82, 2.24) is 14.7 Å². The van der Waals surface area contributed by atoms with Gasteiger partial charge in [0.25, 0.3) is 5.91 Å². The van der Waals surface area contributed by atoms with Gasteiger partial charge in [-0.05, 0) is 5.56 Å². The minimum Gasteiger partial charge on any atom is -0.337 e. The van der Waals surface area contributed by atoms with Crippen molar-refractivity contribution in [2.75, 3.05) is 7.05 Å². The predicted octanol–water partition coefficient (Wildman–Crippen LogP) is 1.69. The lowest BCUT2D eigenvalue weighted by molar-refractivity contribution is 0.0785. The second-order valence-electron chi connectivity index (χ2n) is 4.05. The molecule has 4 nitrogen and oxygen atoms in total. The summed E-state index contributed by atoms with van der Waals surface area (Å²) in [6.45, 7) is 0.606. The Labute approximate surface area is 100 Å². The number of carbonyl (C=O) groups is 1. The van der Waals surface area contributed by atoms with Crippen molar-refractivity contribution in [3.63, 3.8) is 0 Å². The van der Waals surface area contributed by atoms with Crippen LogP contribution < -0.4 is 0 Å². The van der Waals surface area contributed by atoms with Gasteiger partial charge < -0.3 is 4.90 Å².